The number of ether oxygens (including phenoxy) is 2. The van der Waals surface area contributed by atoms with E-state index in [1.54, 1.807) is 36.4 Å². The topological polar surface area (TPSA) is 67.9 Å². The third-order valence-electron chi connectivity index (χ3n) is 5.22. The summed E-state index contributed by atoms with van der Waals surface area (Å²) >= 11 is 0. The van der Waals surface area contributed by atoms with Crippen molar-refractivity contribution in [2.45, 2.75) is 52.2 Å². The molecule has 0 saturated carbocycles. The summed E-state index contributed by atoms with van der Waals surface area (Å²) in [6.07, 6.45) is 1.05. The van der Waals surface area contributed by atoms with Crippen LogP contribution in [-0.4, -0.2) is 43.6 Å². The van der Waals surface area contributed by atoms with Crippen LogP contribution in [0.4, 0.5) is 15.8 Å². The number of ketones is 1. The fraction of sp³-hybridized carbons (Fsp3) is 0.440. The highest BCUT2D eigenvalue weighted by atomic mass is 19.1. The van der Waals surface area contributed by atoms with Crippen LogP contribution in [0, 0.1) is 5.82 Å². The lowest BCUT2D eigenvalue weighted by atomic mass is 10.1. The van der Waals surface area contributed by atoms with Crippen LogP contribution >= 0.6 is 0 Å². The molecule has 1 fully saturated rings. The predicted molar refractivity (Wildman–Crippen MR) is 123 cm³/mol. The van der Waals surface area contributed by atoms with E-state index in [2.05, 4.69) is 5.32 Å². The van der Waals surface area contributed by atoms with Gasteiger partial charge in [0.05, 0.1) is 24.5 Å². The van der Waals surface area contributed by atoms with Gasteiger partial charge < -0.3 is 19.7 Å². The Kier molecular flexibility index (Phi) is 8.22. The van der Waals surface area contributed by atoms with Gasteiger partial charge in [0.15, 0.2) is 5.78 Å². The fourth-order valence-electron chi connectivity index (χ4n) is 3.77. The van der Waals surface area contributed by atoms with Crippen LogP contribution in [0.25, 0.3) is 0 Å². The molecular formula is C25H31FN2O4. The van der Waals surface area contributed by atoms with Crippen molar-refractivity contribution in [1.29, 1.82) is 0 Å². The maximum Gasteiger partial charge on any atom is 0.224 e. The lowest BCUT2D eigenvalue weighted by Gasteiger charge is -2.37. The van der Waals surface area contributed by atoms with Crippen molar-refractivity contribution in [2.75, 3.05) is 29.9 Å². The number of anilines is 2. The molecule has 0 spiro atoms. The van der Waals surface area contributed by atoms with Gasteiger partial charge in [-0.05, 0) is 62.7 Å². The maximum atomic E-state index is 14.7. The molecule has 172 valence electrons. The number of halogens is 1. The van der Waals surface area contributed by atoms with E-state index in [1.807, 2.05) is 25.7 Å². The summed E-state index contributed by atoms with van der Waals surface area (Å²) in [5, 5.41) is 2.68. The average molecular weight is 443 g/mol. The molecule has 2 atom stereocenters. The van der Waals surface area contributed by atoms with Crippen LogP contribution in [0.15, 0.2) is 42.5 Å². The molecule has 32 heavy (non-hydrogen) atoms. The molecule has 2 aromatic rings. The van der Waals surface area contributed by atoms with Crippen LogP contribution in [0.5, 0.6) is 5.75 Å². The van der Waals surface area contributed by atoms with Crippen molar-refractivity contribution in [1.82, 2.24) is 0 Å². The van der Waals surface area contributed by atoms with E-state index in [1.165, 1.54) is 6.07 Å². The summed E-state index contributed by atoms with van der Waals surface area (Å²) < 4.78 is 25.9. The van der Waals surface area contributed by atoms with Gasteiger partial charge in [0.1, 0.15) is 11.6 Å². The average Bonchev–Trinajstić information content (AvgIpc) is 2.76. The van der Waals surface area contributed by atoms with E-state index < -0.39 is 5.82 Å². The van der Waals surface area contributed by atoms with Crippen LogP contribution in [0.3, 0.4) is 0 Å². The highest BCUT2D eigenvalue weighted by Gasteiger charge is 2.24. The number of hydrogen-bond acceptors (Lipinski definition) is 5. The SMILES string of the molecule is CCCOc1ccc(C(=O)CCC(=O)Nc2ccc(N3CC(C)OC(C)C3)c(F)c2)cc1. The molecule has 6 nitrogen and oxygen atoms in total. The number of nitrogens with zero attached hydrogens (tertiary/aromatic N) is 1. The molecule has 0 bridgehead atoms. The van der Waals surface area contributed by atoms with Crippen LogP contribution in [0.2, 0.25) is 0 Å². The van der Waals surface area contributed by atoms with Crippen molar-refractivity contribution in [2.24, 2.45) is 0 Å². The number of rotatable bonds is 9. The molecule has 1 N–H and O–H groups in total. The smallest absolute Gasteiger partial charge is 0.224 e. The predicted octanol–water partition coefficient (Wildman–Crippen LogP) is 4.83. The third-order valence-corrected chi connectivity index (χ3v) is 5.22. The highest BCUT2D eigenvalue weighted by molar-refractivity contribution is 6.00. The van der Waals surface area contributed by atoms with E-state index >= 15 is 0 Å². The van der Waals surface area contributed by atoms with Crippen molar-refractivity contribution in [3.63, 3.8) is 0 Å². The van der Waals surface area contributed by atoms with Gasteiger partial charge in [-0.1, -0.05) is 6.92 Å². The summed E-state index contributed by atoms with van der Waals surface area (Å²) in [5.74, 6) is -0.139. The molecule has 0 aromatic heterocycles. The van der Waals surface area contributed by atoms with E-state index in [0.717, 1.165) is 6.42 Å². The number of nitrogens with one attached hydrogen (secondary N) is 1. The number of carbonyl (C=O) groups is 2. The zero-order chi connectivity index (χ0) is 23.1. The van der Waals surface area contributed by atoms with Gasteiger partial charge >= 0.3 is 0 Å². The lowest BCUT2D eigenvalue weighted by molar-refractivity contribution is -0.116. The first-order chi connectivity index (χ1) is 15.4. The molecule has 2 aromatic carbocycles. The molecule has 7 heteroatoms. The quantitative estimate of drug-likeness (QED) is 0.564. The zero-order valence-electron chi connectivity index (χ0n) is 18.9. The van der Waals surface area contributed by atoms with E-state index in [-0.39, 0.29) is 36.7 Å². The second-order valence-corrected chi connectivity index (χ2v) is 8.17. The van der Waals surface area contributed by atoms with Gasteiger partial charge in [-0.3, -0.25) is 9.59 Å². The molecule has 1 aliphatic heterocycles. The Hall–Kier alpha value is -2.93. The number of benzene rings is 2. The highest BCUT2D eigenvalue weighted by Crippen LogP contribution is 2.26. The number of Topliss-reactive ketones (excluding diaryl/α,β-unsaturated/α-hetero) is 1. The third kappa shape index (κ3) is 6.53. The zero-order valence-corrected chi connectivity index (χ0v) is 18.9. The summed E-state index contributed by atoms with van der Waals surface area (Å²) in [7, 11) is 0. The van der Waals surface area contributed by atoms with E-state index in [0.29, 0.717) is 42.4 Å². The summed E-state index contributed by atoms with van der Waals surface area (Å²) in [6, 6.07) is 11.6. The Bertz CT molecular complexity index is 922. The summed E-state index contributed by atoms with van der Waals surface area (Å²) in [4.78, 5) is 26.6. The van der Waals surface area contributed by atoms with Gasteiger partial charge in [-0.2, -0.15) is 0 Å². The van der Waals surface area contributed by atoms with Crippen molar-refractivity contribution in [3.05, 3.63) is 53.8 Å². The second kappa shape index (κ2) is 11.1. The Morgan fingerprint density at radius 2 is 1.78 bits per heavy atom. The summed E-state index contributed by atoms with van der Waals surface area (Å²) in [5.41, 5.74) is 1.40. The number of amides is 1. The summed E-state index contributed by atoms with van der Waals surface area (Å²) in [6.45, 7) is 7.80. The minimum absolute atomic E-state index is 0.0226. The number of carbonyl (C=O) groups excluding carboxylic acids is 2. The normalized spacial score (nSPS) is 18.3. The maximum absolute atomic E-state index is 14.7. The largest absolute Gasteiger partial charge is 0.494 e. The number of hydrogen-bond donors (Lipinski definition) is 1. The van der Waals surface area contributed by atoms with Crippen LogP contribution in [-0.2, 0) is 9.53 Å². The second-order valence-electron chi connectivity index (χ2n) is 8.17. The monoisotopic (exact) mass is 442 g/mol. The molecule has 0 radical (unpaired) electrons. The molecule has 0 aliphatic carbocycles. The first kappa shape index (κ1) is 23.7. The Morgan fingerprint density at radius 1 is 1.09 bits per heavy atom. The van der Waals surface area contributed by atoms with Crippen molar-refractivity contribution < 1.29 is 23.5 Å². The molecule has 1 amide bonds. The standard InChI is InChI=1S/C25H31FN2O4/c1-4-13-31-21-8-5-19(6-9-21)24(29)11-12-25(30)27-20-7-10-23(22(26)14-20)28-15-17(2)32-18(3)16-28/h5-10,14,17-18H,4,11-13,15-16H2,1-3H3,(H,27,30). The first-order valence-electron chi connectivity index (χ1n) is 11.1. The van der Waals surface area contributed by atoms with Crippen LogP contribution < -0.4 is 15.0 Å². The molecule has 2 unspecified atom stereocenters. The van der Waals surface area contributed by atoms with E-state index in [9.17, 15) is 14.0 Å². The lowest BCUT2D eigenvalue weighted by Crippen LogP contribution is -2.45. The minimum Gasteiger partial charge on any atom is -0.494 e. The molecule has 1 aliphatic rings. The molecule has 1 heterocycles. The van der Waals surface area contributed by atoms with Crippen molar-refractivity contribution in [3.8, 4) is 5.75 Å². The van der Waals surface area contributed by atoms with Gasteiger partial charge in [-0.15, -0.1) is 0 Å². The molecule has 1 saturated heterocycles. The van der Waals surface area contributed by atoms with E-state index in [4.69, 9.17) is 9.47 Å². The minimum atomic E-state index is -0.398. The molecule has 3 rings (SSSR count). The van der Waals surface area contributed by atoms with Gasteiger partial charge in [-0.25, -0.2) is 4.39 Å². The first-order valence-corrected chi connectivity index (χ1v) is 11.1. The van der Waals surface area contributed by atoms with Gasteiger partial charge in [0.25, 0.3) is 0 Å². The molecular weight excluding hydrogens is 411 g/mol. The number of morpholine rings is 1. The van der Waals surface area contributed by atoms with Gasteiger partial charge in [0.2, 0.25) is 5.91 Å². The Balaban J connectivity index is 1.51. The van der Waals surface area contributed by atoms with Gasteiger partial charge in [0, 0.05) is 37.2 Å². The van der Waals surface area contributed by atoms with Crippen molar-refractivity contribution >= 4 is 23.1 Å². The fourth-order valence-corrected chi connectivity index (χ4v) is 3.77. The van der Waals surface area contributed by atoms with Crippen LogP contribution in [0.1, 0.15) is 50.4 Å². The Labute approximate surface area is 188 Å². The Morgan fingerprint density at radius 3 is 2.41 bits per heavy atom.